The molecular formula is C30H38NO3Si. The van der Waals surface area contributed by atoms with Gasteiger partial charge in [-0.15, -0.1) is 0 Å². The maximum atomic E-state index is 12.4. The summed E-state index contributed by atoms with van der Waals surface area (Å²) in [6, 6.07) is 30.2. The number of nitrogens with zero attached hydrogens (tertiary/aromatic N) is 1. The summed E-state index contributed by atoms with van der Waals surface area (Å²) in [7, 11) is -2.77. The van der Waals surface area contributed by atoms with E-state index in [2.05, 4.69) is 83.1 Å². The van der Waals surface area contributed by atoms with E-state index < -0.39 is 14.4 Å². The van der Waals surface area contributed by atoms with Gasteiger partial charge in [0.15, 0.2) is 0 Å². The van der Waals surface area contributed by atoms with Gasteiger partial charge in [-0.05, 0) is 33.3 Å². The number of rotatable bonds is 10. The molecule has 0 saturated carbocycles. The zero-order chi connectivity index (χ0) is 25.5. The van der Waals surface area contributed by atoms with Crippen molar-refractivity contribution in [2.24, 2.45) is 5.92 Å². The Morgan fingerprint density at radius 1 is 0.886 bits per heavy atom. The Morgan fingerprint density at radius 3 is 1.74 bits per heavy atom. The molecular weight excluding hydrogens is 450 g/mol. The SMILES string of the molecule is CC(C)C[C@@H](CO[Si](c1ccccc1)(c1ccccc1)C(C)(C)C)N([CH]c1ccccc1)C(=O)O. The zero-order valence-electron chi connectivity index (χ0n) is 21.5. The summed E-state index contributed by atoms with van der Waals surface area (Å²) in [6.45, 7) is 13.0. The third-order valence-corrected chi connectivity index (χ3v) is 11.4. The molecule has 0 heterocycles. The van der Waals surface area contributed by atoms with Gasteiger partial charge in [0.05, 0.1) is 19.2 Å². The first-order valence-electron chi connectivity index (χ1n) is 12.3. The largest absolute Gasteiger partial charge is 0.465 e. The van der Waals surface area contributed by atoms with Gasteiger partial charge in [-0.25, -0.2) is 4.79 Å². The van der Waals surface area contributed by atoms with Crippen LogP contribution in [0.4, 0.5) is 4.79 Å². The molecule has 3 aromatic carbocycles. The van der Waals surface area contributed by atoms with Gasteiger partial charge in [0.25, 0.3) is 8.32 Å². The van der Waals surface area contributed by atoms with E-state index in [0.717, 1.165) is 5.56 Å². The van der Waals surface area contributed by atoms with E-state index in [1.165, 1.54) is 15.3 Å². The average molecular weight is 489 g/mol. The van der Waals surface area contributed by atoms with Gasteiger partial charge in [0, 0.05) is 0 Å². The minimum Gasteiger partial charge on any atom is -0.465 e. The van der Waals surface area contributed by atoms with Crippen LogP contribution in [-0.2, 0) is 4.43 Å². The second-order valence-electron chi connectivity index (χ2n) is 10.5. The van der Waals surface area contributed by atoms with Crippen LogP contribution in [0.3, 0.4) is 0 Å². The first kappa shape index (κ1) is 26.7. The summed E-state index contributed by atoms with van der Waals surface area (Å²) in [5, 5.41) is 12.4. The predicted octanol–water partition coefficient (Wildman–Crippen LogP) is 6.17. The van der Waals surface area contributed by atoms with Gasteiger partial charge in [0.1, 0.15) is 0 Å². The molecule has 0 aromatic heterocycles. The lowest BCUT2D eigenvalue weighted by atomic mass is 10.0. The fourth-order valence-corrected chi connectivity index (χ4v) is 9.40. The van der Waals surface area contributed by atoms with Crippen molar-refractivity contribution < 1.29 is 14.3 Å². The summed E-state index contributed by atoms with van der Waals surface area (Å²) >= 11 is 0. The van der Waals surface area contributed by atoms with Crippen molar-refractivity contribution in [3.63, 3.8) is 0 Å². The summed E-state index contributed by atoms with van der Waals surface area (Å²) in [5.74, 6) is 0.314. The number of benzene rings is 3. The molecule has 0 aliphatic carbocycles. The van der Waals surface area contributed by atoms with Crippen molar-refractivity contribution in [2.45, 2.75) is 52.1 Å². The molecule has 3 rings (SSSR count). The van der Waals surface area contributed by atoms with E-state index in [1.54, 1.807) is 6.54 Å². The number of amides is 1. The lowest BCUT2D eigenvalue weighted by Crippen LogP contribution is -2.67. The van der Waals surface area contributed by atoms with Crippen LogP contribution in [0.1, 0.15) is 46.6 Å². The van der Waals surface area contributed by atoms with E-state index in [4.69, 9.17) is 4.43 Å². The Labute approximate surface area is 211 Å². The third-order valence-electron chi connectivity index (χ3n) is 6.35. The van der Waals surface area contributed by atoms with Crippen LogP contribution in [0, 0.1) is 12.5 Å². The summed E-state index contributed by atoms with van der Waals surface area (Å²) in [4.78, 5) is 13.9. The van der Waals surface area contributed by atoms with Crippen molar-refractivity contribution >= 4 is 24.8 Å². The van der Waals surface area contributed by atoms with Crippen molar-refractivity contribution in [2.75, 3.05) is 6.61 Å². The van der Waals surface area contributed by atoms with Gasteiger partial charge >= 0.3 is 6.09 Å². The van der Waals surface area contributed by atoms with Gasteiger partial charge in [-0.1, -0.05) is 126 Å². The summed E-state index contributed by atoms with van der Waals surface area (Å²) < 4.78 is 7.11. The van der Waals surface area contributed by atoms with E-state index in [-0.39, 0.29) is 11.1 Å². The standard InChI is InChI=1S/C30H38NO3Si/c1-24(2)21-26(31(29(32)33)22-25-15-9-6-10-16-25)23-34-35(30(3,4)5,27-17-11-7-12-18-27)28-19-13-8-14-20-28/h6-20,22,24,26H,21,23H2,1-5H3,(H,32,33)/t26-/m0/s1. The molecule has 0 saturated heterocycles. The Hall–Kier alpha value is -2.89. The van der Waals surface area contributed by atoms with Crippen LogP contribution in [0.5, 0.6) is 0 Å². The Kier molecular flexibility index (Phi) is 8.92. The number of hydrogen-bond donors (Lipinski definition) is 1. The van der Waals surface area contributed by atoms with Gasteiger partial charge in [-0.3, -0.25) is 4.90 Å². The molecule has 0 spiro atoms. The van der Waals surface area contributed by atoms with Crippen LogP contribution < -0.4 is 10.4 Å². The molecule has 1 atom stereocenters. The topological polar surface area (TPSA) is 49.8 Å². The normalized spacial score (nSPS) is 13.0. The van der Waals surface area contributed by atoms with Crippen LogP contribution in [0.25, 0.3) is 0 Å². The highest BCUT2D eigenvalue weighted by Gasteiger charge is 2.50. The number of hydrogen-bond acceptors (Lipinski definition) is 2. The fourth-order valence-electron chi connectivity index (χ4n) is 4.81. The van der Waals surface area contributed by atoms with Crippen LogP contribution >= 0.6 is 0 Å². The fraction of sp³-hybridized carbons (Fsp3) is 0.333. The molecule has 35 heavy (non-hydrogen) atoms. The van der Waals surface area contributed by atoms with Crippen molar-refractivity contribution in [1.29, 1.82) is 0 Å². The molecule has 185 valence electrons. The van der Waals surface area contributed by atoms with Crippen molar-refractivity contribution in [3.8, 4) is 0 Å². The Bertz CT molecular complexity index is 1010. The van der Waals surface area contributed by atoms with Gasteiger partial charge in [-0.2, -0.15) is 0 Å². The van der Waals surface area contributed by atoms with Crippen molar-refractivity contribution in [3.05, 3.63) is 103 Å². The molecule has 1 radical (unpaired) electrons. The minimum atomic E-state index is -2.77. The predicted molar refractivity (Wildman–Crippen MR) is 147 cm³/mol. The first-order valence-corrected chi connectivity index (χ1v) is 14.2. The Balaban J connectivity index is 2.04. The molecule has 0 bridgehead atoms. The second-order valence-corrected chi connectivity index (χ2v) is 14.8. The zero-order valence-corrected chi connectivity index (χ0v) is 22.5. The van der Waals surface area contributed by atoms with E-state index in [0.29, 0.717) is 18.9 Å². The maximum Gasteiger partial charge on any atom is 0.408 e. The first-order chi connectivity index (χ1) is 16.6. The molecule has 1 N–H and O–H groups in total. The lowest BCUT2D eigenvalue weighted by Gasteiger charge is -2.44. The quantitative estimate of drug-likeness (QED) is 0.347. The van der Waals surface area contributed by atoms with Gasteiger partial charge in [0.2, 0.25) is 0 Å². The molecule has 0 aliphatic rings. The highest BCUT2D eigenvalue weighted by Crippen LogP contribution is 2.37. The van der Waals surface area contributed by atoms with E-state index >= 15 is 0 Å². The highest BCUT2D eigenvalue weighted by atomic mass is 28.4. The number of carbonyl (C=O) groups is 1. The van der Waals surface area contributed by atoms with E-state index in [9.17, 15) is 9.90 Å². The smallest absolute Gasteiger partial charge is 0.408 e. The molecule has 3 aromatic rings. The monoisotopic (exact) mass is 488 g/mol. The molecule has 0 unspecified atom stereocenters. The summed E-state index contributed by atoms with van der Waals surface area (Å²) in [6.07, 6.45) is -0.265. The Morgan fingerprint density at radius 2 is 1.34 bits per heavy atom. The van der Waals surface area contributed by atoms with Crippen LogP contribution in [0.15, 0.2) is 91.0 Å². The third kappa shape index (κ3) is 6.41. The molecule has 4 nitrogen and oxygen atoms in total. The second kappa shape index (κ2) is 11.7. The lowest BCUT2D eigenvalue weighted by molar-refractivity contribution is 0.111. The molecule has 0 aliphatic heterocycles. The van der Waals surface area contributed by atoms with Crippen LogP contribution in [0.2, 0.25) is 5.04 Å². The highest BCUT2D eigenvalue weighted by molar-refractivity contribution is 6.99. The molecule has 1 amide bonds. The van der Waals surface area contributed by atoms with E-state index in [1.807, 2.05) is 42.5 Å². The van der Waals surface area contributed by atoms with Gasteiger partial charge < -0.3 is 9.53 Å². The molecule has 0 fully saturated rings. The van der Waals surface area contributed by atoms with Crippen molar-refractivity contribution in [1.82, 2.24) is 4.90 Å². The summed E-state index contributed by atoms with van der Waals surface area (Å²) in [5.41, 5.74) is 0.856. The minimum absolute atomic E-state index is 0.171. The maximum absolute atomic E-state index is 12.4. The number of carboxylic acid groups (broad SMARTS) is 1. The average Bonchev–Trinajstić information content (AvgIpc) is 2.83. The van der Waals surface area contributed by atoms with Crippen LogP contribution in [-0.4, -0.2) is 37.1 Å². The molecule has 5 heteroatoms.